The minimum Gasteiger partial charge on any atom is -0.342 e. The number of amides is 1. The Labute approximate surface area is 144 Å². The number of hydrogen-bond acceptors (Lipinski definition) is 3. The first-order chi connectivity index (χ1) is 9.90. The average molecular weight is 343 g/mol. The quantitative estimate of drug-likeness (QED) is 0.854. The second-order valence-electron chi connectivity index (χ2n) is 6.79. The Morgan fingerprint density at radius 1 is 1.32 bits per heavy atom. The lowest BCUT2D eigenvalue weighted by atomic mass is 9.87. The number of benzene rings is 1. The Kier molecular flexibility index (Phi) is 7.23. The summed E-state index contributed by atoms with van der Waals surface area (Å²) in [6.45, 7) is 9.01. The molecule has 1 saturated heterocycles. The smallest absolute Gasteiger partial charge is 0.232 e. The molecule has 0 aliphatic carbocycles. The van der Waals surface area contributed by atoms with Crippen molar-refractivity contribution < 1.29 is 4.79 Å². The maximum absolute atomic E-state index is 12.2. The Morgan fingerprint density at radius 3 is 2.45 bits per heavy atom. The molecule has 5 heteroatoms. The van der Waals surface area contributed by atoms with E-state index in [0.717, 1.165) is 24.4 Å². The average Bonchev–Trinajstić information content (AvgIpc) is 2.93. The molecule has 1 aliphatic heterocycles. The Hall–Kier alpha value is -0.710. The van der Waals surface area contributed by atoms with Crippen molar-refractivity contribution in [3.63, 3.8) is 0 Å². The first-order valence-electron chi connectivity index (χ1n) is 7.61. The third-order valence-corrected chi connectivity index (χ3v) is 5.05. The van der Waals surface area contributed by atoms with Crippen molar-refractivity contribution >= 4 is 30.1 Å². The van der Waals surface area contributed by atoms with Crippen LogP contribution < -0.4 is 5.73 Å². The van der Waals surface area contributed by atoms with Crippen LogP contribution in [-0.4, -0.2) is 36.2 Å². The molecule has 124 valence electrons. The highest BCUT2D eigenvalue weighted by Crippen LogP contribution is 2.26. The number of rotatable bonds is 4. The molecule has 0 saturated carbocycles. The molecule has 22 heavy (non-hydrogen) atoms. The van der Waals surface area contributed by atoms with Crippen molar-refractivity contribution in [1.29, 1.82) is 0 Å². The SMILES string of the molecule is CC(C)(C)c1ccc(SCC(=O)N2CCC(CN)C2)cc1.Cl. The van der Waals surface area contributed by atoms with Crippen molar-refractivity contribution in [2.24, 2.45) is 11.7 Å². The highest BCUT2D eigenvalue weighted by molar-refractivity contribution is 8.00. The van der Waals surface area contributed by atoms with Crippen molar-refractivity contribution in [2.75, 3.05) is 25.4 Å². The molecule has 1 amide bonds. The van der Waals surface area contributed by atoms with Crippen LogP contribution in [0.3, 0.4) is 0 Å². The highest BCUT2D eigenvalue weighted by atomic mass is 35.5. The zero-order valence-electron chi connectivity index (χ0n) is 13.7. The monoisotopic (exact) mass is 342 g/mol. The second kappa shape index (κ2) is 8.23. The number of carbonyl (C=O) groups is 1. The summed E-state index contributed by atoms with van der Waals surface area (Å²) in [6.07, 6.45) is 1.05. The number of nitrogens with zero attached hydrogens (tertiary/aromatic N) is 1. The van der Waals surface area contributed by atoms with E-state index in [-0.39, 0.29) is 23.7 Å². The Morgan fingerprint density at radius 2 is 1.95 bits per heavy atom. The van der Waals surface area contributed by atoms with Gasteiger partial charge in [0.2, 0.25) is 5.91 Å². The molecule has 1 fully saturated rings. The van der Waals surface area contributed by atoms with Gasteiger partial charge in [-0.2, -0.15) is 0 Å². The molecule has 1 unspecified atom stereocenters. The maximum Gasteiger partial charge on any atom is 0.232 e. The van der Waals surface area contributed by atoms with Crippen molar-refractivity contribution in [1.82, 2.24) is 4.90 Å². The van der Waals surface area contributed by atoms with Crippen LogP contribution >= 0.6 is 24.2 Å². The molecule has 0 radical (unpaired) electrons. The third kappa shape index (κ3) is 5.18. The molecule has 0 aromatic heterocycles. The second-order valence-corrected chi connectivity index (χ2v) is 7.84. The van der Waals surface area contributed by atoms with Gasteiger partial charge in [-0.1, -0.05) is 32.9 Å². The van der Waals surface area contributed by atoms with E-state index >= 15 is 0 Å². The summed E-state index contributed by atoms with van der Waals surface area (Å²) < 4.78 is 0. The number of likely N-dealkylation sites (tertiary alicyclic amines) is 1. The number of nitrogens with two attached hydrogens (primary N) is 1. The number of carbonyl (C=O) groups excluding carboxylic acids is 1. The molecule has 1 aromatic rings. The summed E-state index contributed by atoms with van der Waals surface area (Å²) in [7, 11) is 0. The van der Waals surface area contributed by atoms with Gasteiger partial charge in [-0.25, -0.2) is 0 Å². The van der Waals surface area contributed by atoms with E-state index in [1.165, 1.54) is 5.56 Å². The summed E-state index contributed by atoms with van der Waals surface area (Å²) in [5, 5.41) is 0. The zero-order chi connectivity index (χ0) is 15.5. The summed E-state index contributed by atoms with van der Waals surface area (Å²) in [4.78, 5) is 15.3. The summed E-state index contributed by atoms with van der Waals surface area (Å²) in [5.74, 6) is 1.24. The number of halogens is 1. The first-order valence-corrected chi connectivity index (χ1v) is 8.60. The van der Waals surface area contributed by atoms with Gasteiger partial charge in [0.1, 0.15) is 0 Å². The summed E-state index contributed by atoms with van der Waals surface area (Å²) in [6, 6.07) is 8.55. The topological polar surface area (TPSA) is 46.3 Å². The zero-order valence-corrected chi connectivity index (χ0v) is 15.3. The van der Waals surface area contributed by atoms with Crippen LogP contribution in [0.2, 0.25) is 0 Å². The van der Waals surface area contributed by atoms with E-state index < -0.39 is 0 Å². The first kappa shape index (κ1) is 19.3. The number of thioether (sulfide) groups is 1. The summed E-state index contributed by atoms with van der Waals surface area (Å²) >= 11 is 1.62. The van der Waals surface area contributed by atoms with E-state index in [1.54, 1.807) is 11.8 Å². The van der Waals surface area contributed by atoms with E-state index in [0.29, 0.717) is 18.2 Å². The fourth-order valence-corrected chi connectivity index (χ4v) is 3.34. The van der Waals surface area contributed by atoms with Crippen LogP contribution in [0, 0.1) is 5.92 Å². The van der Waals surface area contributed by atoms with Gasteiger partial charge in [0.15, 0.2) is 0 Å². The normalized spacial score (nSPS) is 18.2. The van der Waals surface area contributed by atoms with Gasteiger partial charge in [-0.05, 0) is 42.0 Å². The van der Waals surface area contributed by atoms with Gasteiger partial charge in [0, 0.05) is 18.0 Å². The predicted molar refractivity (Wildman–Crippen MR) is 96.9 cm³/mol. The molecular weight excluding hydrogens is 316 g/mol. The van der Waals surface area contributed by atoms with Crippen LogP contribution in [0.15, 0.2) is 29.2 Å². The number of hydrogen-bond donors (Lipinski definition) is 1. The van der Waals surface area contributed by atoms with E-state index in [4.69, 9.17) is 5.73 Å². The molecule has 1 heterocycles. The lowest BCUT2D eigenvalue weighted by Gasteiger charge is -2.19. The van der Waals surface area contributed by atoms with Gasteiger partial charge in [0.05, 0.1) is 5.75 Å². The van der Waals surface area contributed by atoms with Crippen LogP contribution in [-0.2, 0) is 10.2 Å². The molecule has 1 atom stereocenters. The lowest BCUT2D eigenvalue weighted by Crippen LogP contribution is -2.31. The molecule has 1 aliphatic rings. The van der Waals surface area contributed by atoms with Crippen LogP contribution in [0.25, 0.3) is 0 Å². The van der Waals surface area contributed by atoms with Crippen molar-refractivity contribution in [3.05, 3.63) is 29.8 Å². The lowest BCUT2D eigenvalue weighted by molar-refractivity contribution is -0.127. The van der Waals surface area contributed by atoms with E-state index in [1.807, 2.05) is 4.90 Å². The molecule has 2 rings (SSSR count). The van der Waals surface area contributed by atoms with E-state index in [2.05, 4.69) is 45.0 Å². The minimum atomic E-state index is 0. The third-order valence-electron chi connectivity index (χ3n) is 4.05. The fraction of sp³-hybridized carbons (Fsp3) is 0.588. The van der Waals surface area contributed by atoms with Gasteiger partial charge < -0.3 is 10.6 Å². The predicted octanol–water partition coefficient (Wildman–Crippen LogP) is 3.31. The maximum atomic E-state index is 12.2. The largest absolute Gasteiger partial charge is 0.342 e. The fourth-order valence-electron chi connectivity index (χ4n) is 2.54. The van der Waals surface area contributed by atoms with Crippen molar-refractivity contribution in [2.45, 2.75) is 37.5 Å². The Balaban J connectivity index is 0.00000242. The summed E-state index contributed by atoms with van der Waals surface area (Å²) in [5.41, 5.74) is 7.16. The Bertz CT molecular complexity index is 484. The molecule has 2 N–H and O–H groups in total. The van der Waals surface area contributed by atoms with Crippen LogP contribution in [0.1, 0.15) is 32.8 Å². The molecular formula is C17H27ClN2OS. The highest BCUT2D eigenvalue weighted by Gasteiger charge is 2.24. The molecule has 0 spiro atoms. The van der Waals surface area contributed by atoms with Gasteiger partial charge in [-0.15, -0.1) is 24.2 Å². The van der Waals surface area contributed by atoms with Crippen LogP contribution in [0.4, 0.5) is 0 Å². The molecule has 3 nitrogen and oxygen atoms in total. The standard InChI is InChI=1S/C17H26N2OS.ClH/c1-17(2,3)14-4-6-15(7-5-14)21-12-16(20)19-9-8-13(10-18)11-19;/h4-7,13H,8-12,18H2,1-3H3;1H. The van der Waals surface area contributed by atoms with E-state index in [9.17, 15) is 4.79 Å². The molecule has 1 aromatic carbocycles. The van der Waals surface area contributed by atoms with Gasteiger partial charge in [0.25, 0.3) is 0 Å². The minimum absolute atomic E-state index is 0. The van der Waals surface area contributed by atoms with Gasteiger partial charge >= 0.3 is 0 Å². The van der Waals surface area contributed by atoms with Crippen LogP contribution in [0.5, 0.6) is 0 Å². The van der Waals surface area contributed by atoms with Crippen molar-refractivity contribution in [3.8, 4) is 0 Å². The van der Waals surface area contributed by atoms with Gasteiger partial charge in [-0.3, -0.25) is 4.79 Å². The molecule has 0 bridgehead atoms.